The Kier molecular flexibility index (Phi) is 4.74. The van der Waals surface area contributed by atoms with E-state index in [1.54, 1.807) is 13.8 Å². The second kappa shape index (κ2) is 6.08. The van der Waals surface area contributed by atoms with Crippen LogP contribution in [0, 0.1) is 23.0 Å². The standard InChI is InChI=1S/C13H16N2O4/c1-8(2)12(16)7-14-13(17)10-5-4-6-11(9(10)3)15(18)19/h4-6,8H,7H2,1-3H3,(H,14,17). The SMILES string of the molecule is Cc1c(C(=O)NCC(=O)C(C)C)cccc1[N+](=O)[O-]. The molecule has 19 heavy (non-hydrogen) atoms. The van der Waals surface area contributed by atoms with Crippen molar-refractivity contribution in [2.24, 2.45) is 5.92 Å². The van der Waals surface area contributed by atoms with Gasteiger partial charge in [-0.2, -0.15) is 0 Å². The number of carbonyl (C=O) groups is 2. The molecule has 0 saturated heterocycles. The Balaban J connectivity index is 2.86. The molecule has 0 saturated carbocycles. The Hall–Kier alpha value is -2.24. The number of hydrogen-bond donors (Lipinski definition) is 1. The van der Waals surface area contributed by atoms with Crippen molar-refractivity contribution in [1.82, 2.24) is 5.32 Å². The molecule has 6 nitrogen and oxygen atoms in total. The maximum absolute atomic E-state index is 11.9. The van der Waals surface area contributed by atoms with Crippen LogP contribution < -0.4 is 5.32 Å². The van der Waals surface area contributed by atoms with E-state index in [0.717, 1.165) is 0 Å². The molecule has 6 heteroatoms. The summed E-state index contributed by atoms with van der Waals surface area (Å²) in [7, 11) is 0. The zero-order chi connectivity index (χ0) is 14.6. The molecule has 1 rings (SSSR count). The predicted octanol–water partition coefficient (Wildman–Crippen LogP) is 1.86. The number of Topliss-reactive ketones (excluding diaryl/α,β-unsaturated/α-hetero) is 1. The van der Waals surface area contributed by atoms with E-state index >= 15 is 0 Å². The quantitative estimate of drug-likeness (QED) is 0.649. The van der Waals surface area contributed by atoms with Crippen molar-refractivity contribution in [3.63, 3.8) is 0 Å². The van der Waals surface area contributed by atoms with Crippen LogP contribution in [0.4, 0.5) is 5.69 Å². The van der Waals surface area contributed by atoms with Gasteiger partial charge in [-0.1, -0.05) is 19.9 Å². The van der Waals surface area contributed by atoms with Crippen molar-refractivity contribution in [3.05, 3.63) is 39.4 Å². The Bertz CT molecular complexity index is 523. The fourth-order valence-electron chi connectivity index (χ4n) is 1.53. The summed E-state index contributed by atoms with van der Waals surface area (Å²) >= 11 is 0. The Morgan fingerprint density at radius 3 is 2.53 bits per heavy atom. The molecule has 0 unspecified atom stereocenters. The number of ketones is 1. The van der Waals surface area contributed by atoms with Crippen molar-refractivity contribution in [2.45, 2.75) is 20.8 Å². The Labute approximate surface area is 111 Å². The van der Waals surface area contributed by atoms with Gasteiger partial charge >= 0.3 is 0 Å². The zero-order valence-corrected chi connectivity index (χ0v) is 11.1. The molecule has 0 spiro atoms. The van der Waals surface area contributed by atoms with Crippen LogP contribution in [0.3, 0.4) is 0 Å². The molecule has 0 aliphatic carbocycles. The van der Waals surface area contributed by atoms with Crippen molar-refractivity contribution in [1.29, 1.82) is 0 Å². The number of nitrogens with one attached hydrogen (secondary N) is 1. The second-order valence-electron chi connectivity index (χ2n) is 4.51. The van der Waals surface area contributed by atoms with Crippen LogP contribution in [-0.2, 0) is 4.79 Å². The van der Waals surface area contributed by atoms with Crippen LogP contribution in [0.5, 0.6) is 0 Å². The number of benzene rings is 1. The summed E-state index contributed by atoms with van der Waals surface area (Å²) in [5, 5.41) is 13.2. The van der Waals surface area contributed by atoms with Crippen LogP contribution in [0.1, 0.15) is 29.8 Å². The molecule has 0 heterocycles. The summed E-state index contributed by atoms with van der Waals surface area (Å²) in [5.41, 5.74) is 0.399. The number of nitro groups is 1. The third-order valence-corrected chi connectivity index (χ3v) is 2.81. The summed E-state index contributed by atoms with van der Waals surface area (Å²) in [5.74, 6) is -0.724. The van der Waals surface area contributed by atoms with Crippen LogP contribution in [0.25, 0.3) is 0 Å². The minimum absolute atomic E-state index is 0.0708. The van der Waals surface area contributed by atoms with Crippen LogP contribution in [-0.4, -0.2) is 23.2 Å². The van der Waals surface area contributed by atoms with E-state index in [4.69, 9.17) is 0 Å². The monoisotopic (exact) mass is 264 g/mol. The highest BCUT2D eigenvalue weighted by molar-refractivity contribution is 5.98. The van der Waals surface area contributed by atoms with Gasteiger partial charge in [0.1, 0.15) is 0 Å². The molecular formula is C13H16N2O4. The highest BCUT2D eigenvalue weighted by atomic mass is 16.6. The minimum Gasteiger partial charge on any atom is -0.345 e. The van der Waals surface area contributed by atoms with Crippen LogP contribution >= 0.6 is 0 Å². The van der Waals surface area contributed by atoms with Crippen molar-refractivity contribution in [2.75, 3.05) is 6.54 Å². The summed E-state index contributed by atoms with van der Waals surface area (Å²) in [6.07, 6.45) is 0. The van der Waals surface area contributed by atoms with E-state index < -0.39 is 10.8 Å². The Morgan fingerprint density at radius 2 is 2.00 bits per heavy atom. The summed E-state index contributed by atoms with van der Waals surface area (Å²) in [6.45, 7) is 4.93. The maximum atomic E-state index is 11.9. The lowest BCUT2D eigenvalue weighted by Crippen LogP contribution is -2.32. The fraction of sp³-hybridized carbons (Fsp3) is 0.385. The summed E-state index contributed by atoms with van der Waals surface area (Å²) in [4.78, 5) is 33.5. The second-order valence-corrected chi connectivity index (χ2v) is 4.51. The molecule has 0 aliphatic heterocycles. The Morgan fingerprint density at radius 1 is 1.37 bits per heavy atom. The van der Waals surface area contributed by atoms with Crippen LogP contribution in [0.15, 0.2) is 18.2 Å². The van der Waals surface area contributed by atoms with Gasteiger partial charge in [0.15, 0.2) is 5.78 Å². The molecule has 0 bridgehead atoms. The fourth-order valence-corrected chi connectivity index (χ4v) is 1.53. The summed E-state index contributed by atoms with van der Waals surface area (Å²) < 4.78 is 0. The first-order chi connectivity index (χ1) is 8.84. The first kappa shape index (κ1) is 14.8. The van der Waals surface area contributed by atoms with Gasteiger partial charge in [-0.15, -0.1) is 0 Å². The third-order valence-electron chi connectivity index (χ3n) is 2.81. The summed E-state index contributed by atoms with van der Waals surface area (Å²) in [6, 6.07) is 4.28. The molecule has 0 atom stereocenters. The lowest BCUT2D eigenvalue weighted by molar-refractivity contribution is -0.385. The van der Waals surface area contributed by atoms with Crippen molar-refractivity contribution in [3.8, 4) is 0 Å². The molecule has 102 valence electrons. The number of nitrogens with zero attached hydrogens (tertiary/aromatic N) is 1. The first-order valence-corrected chi connectivity index (χ1v) is 5.89. The number of nitro benzene ring substituents is 1. The highest BCUT2D eigenvalue weighted by Gasteiger charge is 2.18. The first-order valence-electron chi connectivity index (χ1n) is 5.89. The van der Waals surface area contributed by atoms with E-state index in [1.807, 2.05) is 0 Å². The molecule has 1 amide bonds. The topological polar surface area (TPSA) is 89.3 Å². The molecule has 0 radical (unpaired) electrons. The van der Waals surface area contributed by atoms with Crippen LogP contribution in [0.2, 0.25) is 0 Å². The van der Waals surface area contributed by atoms with Gasteiger partial charge in [0.05, 0.1) is 11.5 Å². The third kappa shape index (κ3) is 3.61. The molecule has 0 aliphatic rings. The van der Waals surface area contributed by atoms with Gasteiger partial charge in [-0.3, -0.25) is 19.7 Å². The van der Waals surface area contributed by atoms with Gasteiger partial charge in [0.2, 0.25) is 0 Å². The largest absolute Gasteiger partial charge is 0.345 e. The number of hydrogen-bond acceptors (Lipinski definition) is 4. The van der Waals surface area contributed by atoms with E-state index in [1.165, 1.54) is 25.1 Å². The van der Waals surface area contributed by atoms with Gasteiger partial charge in [-0.25, -0.2) is 0 Å². The van der Waals surface area contributed by atoms with E-state index in [0.29, 0.717) is 5.56 Å². The maximum Gasteiger partial charge on any atom is 0.273 e. The molecule has 0 aromatic heterocycles. The highest BCUT2D eigenvalue weighted by Crippen LogP contribution is 2.20. The minimum atomic E-state index is -0.536. The average Bonchev–Trinajstić information content (AvgIpc) is 2.35. The number of amides is 1. The van der Waals surface area contributed by atoms with Crippen molar-refractivity contribution < 1.29 is 14.5 Å². The molecule has 1 aromatic carbocycles. The molecule has 0 fully saturated rings. The zero-order valence-electron chi connectivity index (χ0n) is 11.1. The number of rotatable bonds is 5. The molecule has 1 N–H and O–H groups in total. The van der Waals surface area contributed by atoms with Gasteiger partial charge in [0, 0.05) is 23.1 Å². The lowest BCUT2D eigenvalue weighted by Gasteiger charge is -2.08. The van der Waals surface area contributed by atoms with Gasteiger partial charge < -0.3 is 5.32 Å². The smallest absolute Gasteiger partial charge is 0.273 e. The predicted molar refractivity (Wildman–Crippen MR) is 70.0 cm³/mol. The number of carbonyl (C=O) groups excluding carboxylic acids is 2. The van der Waals surface area contributed by atoms with E-state index in [9.17, 15) is 19.7 Å². The van der Waals surface area contributed by atoms with E-state index in [2.05, 4.69) is 5.32 Å². The van der Waals surface area contributed by atoms with Gasteiger partial charge in [-0.05, 0) is 13.0 Å². The van der Waals surface area contributed by atoms with Crippen molar-refractivity contribution >= 4 is 17.4 Å². The molecular weight excluding hydrogens is 248 g/mol. The lowest BCUT2D eigenvalue weighted by atomic mass is 10.1. The molecule has 1 aromatic rings. The average molecular weight is 264 g/mol. The van der Waals surface area contributed by atoms with E-state index in [-0.39, 0.29) is 29.5 Å². The van der Waals surface area contributed by atoms with Gasteiger partial charge in [0.25, 0.3) is 11.6 Å². The normalized spacial score (nSPS) is 10.3.